The van der Waals surface area contributed by atoms with Gasteiger partial charge in [-0.05, 0) is 5.56 Å². The Hall–Kier alpha value is -1.39. The molecule has 0 saturated carbocycles. The summed E-state index contributed by atoms with van der Waals surface area (Å²) in [6.45, 7) is 1.61. The van der Waals surface area contributed by atoms with Gasteiger partial charge in [-0.15, -0.1) is 0 Å². The molecule has 1 fully saturated rings. The van der Waals surface area contributed by atoms with Crippen molar-refractivity contribution in [1.29, 1.82) is 0 Å². The van der Waals surface area contributed by atoms with Gasteiger partial charge >= 0.3 is 5.97 Å². The molecular formula is C13H17NO3. The molecule has 0 amide bonds. The average Bonchev–Trinajstić information content (AvgIpc) is 2.87. The van der Waals surface area contributed by atoms with Crippen LogP contribution in [0, 0.1) is 0 Å². The van der Waals surface area contributed by atoms with E-state index in [1.807, 2.05) is 30.3 Å². The highest BCUT2D eigenvalue weighted by Crippen LogP contribution is 2.21. The SMILES string of the molecule is COC(=O)C1(NCc2ccccc2)CCOC1. The summed E-state index contributed by atoms with van der Waals surface area (Å²) in [6.07, 6.45) is 0.659. The van der Waals surface area contributed by atoms with Gasteiger partial charge in [0.2, 0.25) is 0 Å². The first-order chi connectivity index (χ1) is 8.27. The highest BCUT2D eigenvalue weighted by molar-refractivity contribution is 5.81. The minimum atomic E-state index is -0.676. The quantitative estimate of drug-likeness (QED) is 0.794. The number of hydrogen-bond acceptors (Lipinski definition) is 4. The number of nitrogens with one attached hydrogen (secondary N) is 1. The molecule has 1 heterocycles. The van der Waals surface area contributed by atoms with Crippen molar-refractivity contribution in [1.82, 2.24) is 5.32 Å². The highest BCUT2D eigenvalue weighted by atomic mass is 16.5. The van der Waals surface area contributed by atoms with Crippen molar-refractivity contribution in [2.75, 3.05) is 20.3 Å². The van der Waals surface area contributed by atoms with Gasteiger partial charge in [0.25, 0.3) is 0 Å². The lowest BCUT2D eigenvalue weighted by molar-refractivity contribution is -0.148. The van der Waals surface area contributed by atoms with Gasteiger partial charge < -0.3 is 9.47 Å². The van der Waals surface area contributed by atoms with E-state index in [0.717, 1.165) is 5.56 Å². The molecule has 0 spiro atoms. The number of hydrogen-bond donors (Lipinski definition) is 1. The first kappa shape index (κ1) is 12.1. The van der Waals surface area contributed by atoms with Crippen molar-refractivity contribution in [3.05, 3.63) is 35.9 Å². The van der Waals surface area contributed by atoms with E-state index in [9.17, 15) is 4.79 Å². The predicted octanol–water partition coefficient (Wildman–Crippen LogP) is 1.11. The maximum atomic E-state index is 11.8. The molecule has 2 rings (SSSR count). The third-order valence-corrected chi connectivity index (χ3v) is 3.07. The van der Waals surface area contributed by atoms with E-state index < -0.39 is 5.54 Å². The molecule has 1 saturated heterocycles. The van der Waals surface area contributed by atoms with Gasteiger partial charge in [-0.1, -0.05) is 30.3 Å². The number of carbonyl (C=O) groups excluding carboxylic acids is 1. The van der Waals surface area contributed by atoms with Gasteiger partial charge in [0, 0.05) is 19.6 Å². The summed E-state index contributed by atoms with van der Waals surface area (Å²) in [5.74, 6) is -0.245. The second-order valence-electron chi connectivity index (χ2n) is 4.22. The van der Waals surface area contributed by atoms with Gasteiger partial charge in [-0.3, -0.25) is 5.32 Å². The Balaban J connectivity index is 2.02. The number of carbonyl (C=O) groups is 1. The zero-order chi connectivity index (χ0) is 12.1. The van der Waals surface area contributed by atoms with Crippen LogP contribution in [-0.4, -0.2) is 31.8 Å². The van der Waals surface area contributed by atoms with Gasteiger partial charge in [-0.2, -0.15) is 0 Å². The maximum absolute atomic E-state index is 11.8. The van der Waals surface area contributed by atoms with Gasteiger partial charge in [0.05, 0.1) is 13.7 Å². The molecule has 1 aliphatic rings. The van der Waals surface area contributed by atoms with E-state index in [1.54, 1.807) is 0 Å². The third kappa shape index (κ3) is 2.65. The number of rotatable bonds is 4. The Morgan fingerprint density at radius 1 is 1.47 bits per heavy atom. The summed E-state index contributed by atoms with van der Waals surface area (Å²) in [5, 5.41) is 3.26. The van der Waals surface area contributed by atoms with Crippen molar-refractivity contribution >= 4 is 5.97 Å². The fourth-order valence-corrected chi connectivity index (χ4v) is 2.00. The topological polar surface area (TPSA) is 47.6 Å². The fourth-order valence-electron chi connectivity index (χ4n) is 2.00. The molecule has 1 N–H and O–H groups in total. The first-order valence-electron chi connectivity index (χ1n) is 5.72. The normalized spacial score (nSPS) is 23.6. The van der Waals surface area contributed by atoms with Crippen molar-refractivity contribution in [2.24, 2.45) is 0 Å². The van der Waals surface area contributed by atoms with E-state index in [1.165, 1.54) is 7.11 Å². The maximum Gasteiger partial charge on any atom is 0.328 e. The third-order valence-electron chi connectivity index (χ3n) is 3.07. The Kier molecular flexibility index (Phi) is 3.76. The van der Waals surface area contributed by atoms with Crippen LogP contribution in [0.25, 0.3) is 0 Å². The zero-order valence-corrected chi connectivity index (χ0v) is 9.94. The van der Waals surface area contributed by atoms with Crippen LogP contribution in [0.3, 0.4) is 0 Å². The molecule has 0 radical (unpaired) electrons. The Labute approximate surface area is 101 Å². The molecule has 0 aliphatic carbocycles. The van der Waals surface area contributed by atoms with E-state index in [-0.39, 0.29) is 5.97 Å². The predicted molar refractivity (Wildman–Crippen MR) is 63.5 cm³/mol. The Morgan fingerprint density at radius 2 is 2.24 bits per heavy atom. The molecule has 92 valence electrons. The molecular weight excluding hydrogens is 218 g/mol. The average molecular weight is 235 g/mol. The number of esters is 1. The molecule has 1 atom stereocenters. The Morgan fingerprint density at radius 3 is 2.82 bits per heavy atom. The summed E-state index contributed by atoms with van der Waals surface area (Å²) in [4.78, 5) is 11.8. The van der Waals surface area contributed by atoms with Crippen molar-refractivity contribution in [2.45, 2.75) is 18.5 Å². The van der Waals surface area contributed by atoms with E-state index in [2.05, 4.69) is 5.32 Å². The fraction of sp³-hybridized carbons (Fsp3) is 0.462. The Bertz CT molecular complexity index is 372. The van der Waals surface area contributed by atoms with E-state index in [4.69, 9.17) is 9.47 Å². The smallest absolute Gasteiger partial charge is 0.328 e. The van der Waals surface area contributed by atoms with Crippen LogP contribution < -0.4 is 5.32 Å². The van der Waals surface area contributed by atoms with Gasteiger partial charge in [-0.25, -0.2) is 4.79 Å². The summed E-state index contributed by atoms with van der Waals surface area (Å²) in [5.41, 5.74) is 0.465. The van der Waals surface area contributed by atoms with Crippen LogP contribution in [-0.2, 0) is 20.8 Å². The highest BCUT2D eigenvalue weighted by Gasteiger charge is 2.42. The van der Waals surface area contributed by atoms with Crippen molar-refractivity contribution in [3.8, 4) is 0 Å². The molecule has 4 nitrogen and oxygen atoms in total. The molecule has 0 bridgehead atoms. The summed E-state index contributed by atoms with van der Waals surface area (Å²) in [6, 6.07) is 9.97. The summed E-state index contributed by atoms with van der Waals surface area (Å²) in [7, 11) is 1.41. The van der Waals surface area contributed by atoms with Crippen LogP contribution in [0.2, 0.25) is 0 Å². The lowest BCUT2D eigenvalue weighted by atomic mass is 9.98. The lowest BCUT2D eigenvalue weighted by Gasteiger charge is -2.25. The van der Waals surface area contributed by atoms with Gasteiger partial charge in [0.1, 0.15) is 5.54 Å². The van der Waals surface area contributed by atoms with Crippen molar-refractivity contribution < 1.29 is 14.3 Å². The second-order valence-corrected chi connectivity index (χ2v) is 4.22. The molecule has 1 aromatic rings. The standard InChI is InChI=1S/C13H17NO3/c1-16-12(15)13(7-8-17-10-13)14-9-11-5-3-2-4-6-11/h2-6,14H,7-10H2,1H3. The zero-order valence-electron chi connectivity index (χ0n) is 9.94. The largest absolute Gasteiger partial charge is 0.468 e. The van der Waals surface area contributed by atoms with Crippen LogP contribution in [0.5, 0.6) is 0 Å². The van der Waals surface area contributed by atoms with Crippen LogP contribution in [0.4, 0.5) is 0 Å². The minimum absolute atomic E-state index is 0.245. The van der Waals surface area contributed by atoms with Crippen LogP contribution in [0.1, 0.15) is 12.0 Å². The molecule has 1 unspecified atom stereocenters. The molecule has 17 heavy (non-hydrogen) atoms. The lowest BCUT2D eigenvalue weighted by Crippen LogP contribution is -2.53. The monoisotopic (exact) mass is 235 g/mol. The van der Waals surface area contributed by atoms with E-state index >= 15 is 0 Å². The number of methoxy groups -OCH3 is 1. The van der Waals surface area contributed by atoms with E-state index in [0.29, 0.717) is 26.2 Å². The molecule has 0 aromatic heterocycles. The summed E-state index contributed by atoms with van der Waals surface area (Å²) >= 11 is 0. The first-order valence-corrected chi connectivity index (χ1v) is 5.72. The molecule has 1 aliphatic heterocycles. The second kappa shape index (κ2) is 5.29. The molecule has 1 aromatic carbocycles. The minimum Gasteiger partial charge on any atom is -0.468 e. The van der Waals surface area contributed by atoms with Crippen molar-refractivity contribution in [3.63, 3.8) is 0 Å². The summed E-state index contributed by atoms with van der Waals surface area (Å²) < 4.78 is 10.2. The molecule has 4 heteroatoms. The van der Waals surface area contributed by atoms with Crippen LogP contribution >= 0.6 is 0 Å². The van der Waals surface area contributed by atoms with Crippen LogP contribution in [0.15, 0.2) is 30.3 Å². The number of ether oxygens (including phenoxy) is 2. The van der Waals surface area contributed by atoms with Gasteiger partial charge in [0.15, 0.2) is 0 Å². The number of benzene rings is 1.